The number of hydrogen-bond acceptors (Lipinski definition) is 23. The van der Waals surface area contributed by atoms with Crippen molar-refractivity contribution in [3.05, 3.63) is 0 Å². The fourth-order valence-electron chi connectivity index (χ4n) is 15.6. The Hall–Kier alpha value is -0.920. The van der Waals surface area contributed by atoms with Gasteiger partial charge in [-0.2, -0.15) is 0 Å². The third-order valence-corrected chi connectivity index (χ3v) is 19.8. The molecule has 0 aromatic heterocycles. The van der Waals surface area contributed by atoms with Crippen molar-refractivity contribution in [3.8, 4) is 0 Å². The van der Waals surface area contributed by atoms with Crippen LogP contribution in [0.1, 0.15) is 91.9 Å². The van der Waals surface area contributed by atoms with Crippen molar-refractivity contribution in [3.63, 3.8) is 0 Å². The predicted octanol–water partition coefficient (Wildman–Crippen LogP) is -2.91. The molecule has 9 fully saturated rings. The van der Waals surface area contributed by atoms with E-state index in [0.29, 0.717) is 42.9 Å². The van der Waals surface area contributed by atoms with Crippen molar-refractivity contribution in [2.24, 2.45) is 46.3 Å². The summed E-state index contributed by atoms with van der Waals surface area (Å²) in [6.07, 6.45) is -21.3. The van der Waals surface area contributed by atoms with Crippen molar-refractivity contribution in [2.45, 2.75) is 233 Å². The zero-order valence-corrected chi connectivity index (χ0v) is 42.5. The highest BCUT2D eigenvalue weighted by Crippen LogP contribution is 2.71. The van der Waals surface area contributed by atoms with Gasteiger partial charge in [0.25, 0.3) is 0 Å². The number of fused-ring (bicyclic) bond motifs is 7. The molecule has 9 rings (SSSR count). The van der Waals surface area contributed by atoms with E-state index in [1.54, 1.807) is 7.11 Å². The van der Waals surface area contributed by atoms with Crippen molar-refractivity contribution >= 4 is 0 Å². The van der Waals surface area contributed by atoms with Gasteiger partial charge in [0.15, 0.2) is 30.9 Å². The van der Waals surface area contributed by atoms with Gasteiger partial charge in [-0.3, -0.25) is 0 Å². The standard InChI is InChI=1S/C50H84O23/c1-20(66-44-39(61)36(58)34(56)29(16-51)68-44)8-13-50(64-5)21(2)32-28(73-50)15-26-24-7-6-22-14-23(9-11-48(22,3)25(24)10-12-49(26,32)4)67-45-41(63)38(60)42(31(18-53)70-45)71-47-43(33(55)27(54)19-65-47)72-46-40(62)37(59)35(57)30(17-52)69-46/h20-47,51-63H,6-19H2,1-5H3. The monoisotopic (exact) mass is 1050 g/mol. The van der Waals surface area contributed by atoms with Gasteiger partial charge in [0.1, 0.15) is 91.6 Å². The highest BCUT2D eigenvalue weighted by Gasteiger charge is 2.69. The summed E-state index contributed by atoms with van der Waals surface area (Å²) in [6.45, 7) is 6.56. The maximum atomic E-state index is 11.5. The van der Waals surface area contributed by atoms with Gasteiger partial charge in [-0.25, -0.2) is 0 Å². The van der Waals surface area contributed by atoms with E-state index in [4.69, 9.17) is 47.4 Å². The first kappa shape index (κ1) is 56.8. The van der Waals surface area contributed by atoms with E-state index in [1.807, 2.05) is 6.92 Å². The fraction of sp³-hybridized carbons (Fsp3) is 1.00. The van der Waals surface area contributed by atoms with Gasteiger partial charge in [-0.1, -0.05) is 20.8 Å². The third kappa shape index (κ3) is 10.1. The first-order chi connectivity index (χ1) is 34.6. The number of methoxy groups -OCH3 is 1. The maximum Gasteiger partial charge on any atom is 0.187 e. The molecule has 4 saturated carbocycles. The molecule has 31 unspecified atom stereocenters. The van der Waals surface area contributed by atoms with E-state index in [2.05, 4.69) is 20.8 Å². The maximum absolute atomic E-state index is 11.5. The number of ether oxygens (including phenoxy) is 10. The topological polar surface area (TPSA) is 355 Å². The molecule has 31 atom stereocenters. The third-order valence-electron chi connectivity index (χ3n) is 19.8. The second kappa shape index (κ2) is 22.3. The highest BCUT2D eigenvalue weighted by molar-refractivity contribution is 5.15. The average Bonchev–Trinajstić information content (AvgIpc) is 3.84. The minimum atomic E-state index is -1.86. The molecular formula is C50H84O23. The second-order valence-electron chi connectivity index (χ2n) is 23.5. The molecule has 13 N–H and O–H groups in total. The van der Waals surface area contributed by atoms with Crippen LogP contribution in [-0.2, 0) is 47.4 Å². The molecule has 4 aliphatic carbocycles. The smallest absolute Gasteiger partial charge is 0.187 e. The Morgan fingerprint density at radius 3 is 1.84 bits per heavy atom. The van der Waals surface area contributed by atoms with E-state index in [-0.39, 0.29) is 34.9 Å². The van der Waals surface area contributed by atoms with Crippen LogP contribution in [0.4, 0.5) is 0 Å². The molecule has 0 aromatic rings. The van der Waals surface area contributed by atoms with Crippen LogP contribution in [0, 0.1) is 46.3 Å². The lowest BCUT2D eigenvalue weighted by Gasteiger charge is -2.61. The van der Waals surface area contributed by atoms with E-state index in [0.717, 1.165) is 44.9 Å². The molecule has 5 aliphatic heterocycles. The van der Waals surface area contributed by atoms with Crippen molar-refractivity contribution in [2.75, 3.05) is 33.5 Å². The van der Waals surface area contributed by atoms with Crippen LogP contribution in [-0.4, -0.2) is 241 Å². The largest absolute Gasteiger partial charge is 0.394 e. The van der Waals surface area contributed by atoms with Crippen LogP contribution < -0.4 is 0 Å². The van der Waals surface area contributed by atoms with Crippen molar-refractivity contribution in [1.82, 2.24) is 0 Å². The van der Waals surface area contributed by atoms with E-state index < -0.39 is 155 Å². The summed E-state index contributed by atoms with van der Waals surface area (Å²) in [5.41, 5.74) is 0.0855. The molecule has 0 radical (unpaired) electrons. The van der Waals surface area contributed by atoms with Crippen LogP contribution >= 0.6 is 0 Å². The van der Waals surface area contributed by atoms with Gasteiger partial charge in [0, 0.05) is 19.4 Å². The van der Waals surface area contributed by atoms with Gasteiger partial charge in [0.2, 0.25) is 0 Å². The summed E-state index contributed by atoms with van der Waals surface area (Å²) in [5.74, 6) is 1.33. The molecule has 0 spiro atoms. The molecule has 9 aliphatic rings. The van der Waals surface area contributed by atoms with Crippen molar-refractivity contribution < 1.29 is 114 Å². The van der Waals surface area contributed by atoms with Crippen LogP contribution in [0.5, 0.6) is 0 Å². The molecule has 23 heteroatoms. The summed E-state index contributed by atoms with van der Waals surface area (Å²) >= 11 is 0. The molecule has 23 nitrogen and oxygen atoms in total. The predicted molar refractivity (Wildman–Crippen MR) is 246 cm³/mol. The Balaban J connectivity index is 0.791. The molecular weight excluding hydrogens is 969 g/mol. The van der Waals surface area contributed by atoms with E-state index in [9.17, 15) is 66.4 Å². The first-order valence-corrected chi connectivity index (χ1v) is 26.7. The quantitative estimate of drug-likeness (QED) is 0.0731. The summed E-state index contributed by atoms with van der Waals surface area (Å²) < 4.78 is 60.3. The second-order valence-corrected chi connectivity index (χ2v) is 23.5. The number of aliphatic hydroxyl groups is 13. The van der Waals surface area contributed by atoms with Gasteiger partial charge in [-0.15, -0.1) is 0 Å². The molecule has 0 amide bonds. The minimum absolute atomic E-state index is 0.0195. The van der Waals surface area contributed by atoms with E-state index in [1.165, 1.54) is 0 Å². The van der Waals surface area contributed by atoms with Crippen LogP contribution in [0.15, 0.2) is 0 Å². The molecule has 422 valence electrons. The Kier molecular flexibility index (Phi) is 17.4. The summed E-state index contributed by atoms with van der Waals surface area (Å²) in [6, 6.07) is 0. The van der Waals surface area contributed by atoms with Crippen molar-refractivity contribution in [1.29, 1.82) is 0 Å². The minimum Gasteiger partial charge on any atom is -0.394 e. The van der Waals surface area contributed by atoms with Crippen LogP contribution in [0.3, 0.4) is 0 Å². The molecule has 0 bridgehead atoms. The molecule has 5 heterocycles. The zero-order valence-electron chi connectivity index (χ0n) is 42.5. The summed E-state index contributed by atoms with van der Waals surface area (Å²) in [7, 11) is 1.69. The summed E-state index contributed by atoms with van der Waals surface area (Å²) in [4.78, 5) is 0. The Morgan fingerprint density at radius 1 is 0.589 bits per heavy atom. The fourth-order valence-corrected chi connectivity index (χ4v) is 15.6. The van der Waals surface area contributed by atoms with Crippen LogP contribution in [0.2, 0.25) is 0 Å². The molecule has 0 aromatic carbocycles. The van der Waals surface area contributed by atoms with E-state index >= 15 is 0 Å². The number of hydrogen-bond donors (Lipinski definition) is 13. The average molecular weight is 1050 g/mol. The molecule has 73 heavy (non-hydrogen) atoms. The first-order valence-electron chi connectivity index (χ1n) is 26.7. The highest BCUT2D eigenvalue weighted by atomic mass is 16.8. The Morgan fingerprint density at radius 2 is 1.18 bits per heavy atom. The van der Waals surface area contributed by atoms with Crippen LogP contribution in [0.25, 0.3) is 0 Å². The normalized spacial score (nSPS) is 55.6. The van der Waals surface area contributed by atoms with Gasteiger partial charge >= 0.3 is 0 Å². The zero-order chi connectivity index (χ0) is 52.6. The van der Waals surface area contributed by atoms with Gasteiger partial charge < -0.3 is 114 Å². The SMILES string of the molecule is COC1(CCC(C)OC2OC(CO)C(O)C(O)C2O)OC2CC3C4CCC5CC(OC6OC(CO)C(OC7OCC(O)C(O)C7OC7OC(CO)C(O)C(O)C7O)C(O)C6O)CCC5(C)C4CCC3(C)C2C1C. The number of rotatable bonds is 15. The lowest BCUT2D eigenvalue weighted by Crippen LogP contribution is -2.65. The lowest BCUT2D eigenvalue weighted by molar-refractivity contribution is -0.380. The molecule has 5 saturated heterocycles. The lowest BCUT2D eigenvalue weighted by atomic mass is 9.44. The Labute approximate surface area is 425 Å². The summed E-state index contributed by atoms with van der Waals surface area (Å²) in [5, 5.41) is 136. The van der Waals surface area contributed by atoms with Gasteiger partial charge in [-0.05, 0) is 105 Å². The Bertz CT molecular complexity index is 1820. The number of aliphatic hydroxyl groups excluding tert-OH is 13. The van der Waals surface area contributed by atoms with Gasteiger partial charge in [0.05, 0.1) is 44.7 Å².